The highest BCUT2D eigenvalue weighted by Crippen LogP contribution is 2.68. The molecule has 4 fully saturated rings. The fourth-order valence-corrected chi connectivity index (χ4v) is 11.9. The zero-order chi connectivity index (χ0) is 43.8. The molecule has 2 N–H and O–H groups in total. The molecule has 0 aromatic heterocycles. The molecule has 330 valence electrons. The third kappa shape index (κ3) is 8.41. The van der Waals surface area contributed by atoms with E-state index in [2.05, 4.69) is 0 Å². The molecule has 0 saturated heterocycles. The van der Waals surface area contributed by atoms with Crippen LogP contribution in [0.2, 0.25) is 19.6 Å². The van der Waals surface area contributed by atoms with Crippen molar-refractivity contribution in [3.63, 3.8) is 0 Å². The molecule has 0 aromatic carbocycles. The quantitative estimate of drug-likeness (QED) is 0.130. The van der Waals surface area contributed by atoms with Crippen LogP contribution in [0, 0.1) is 33.5 Å². The van der Waals surface area contributed by atoms with Crippen molar-refractivity contribution >= 4 is 14.1 Å². The van der Waals surface area contributed by atoms with E-state index >= 15 is 0 Å². The summed E-state index contributed by atoms with van der Waals surface area (Å²) >= 11 is 0. The Hall–Kier alpha value is -2.11. The van der Waals surface area contributed by atoms with Crippen molar-refractivity contribution in [2.75, 3.05) is 0 Å². The van der Waals surface area contributed by atoms with Crippen LogP contribution in [0.1, 0.15) is 104 Å². The summed E-state index contributed by atoms with van der Waals surface area (Å²) in [6.45, 7) is 7.99. The normalized spacial score (nSPS) is 31.4. The van der Waals surface area contributed by atoms with E-state index in [1.807, 2.05) is 26.0 Å². The first kappa shape index (κ1) is 46.9. The van der Waals surface area contributed by atoms with Gasteiger partial charge in [0.2, 0.25) is 0 Å². The Morgan fingerprint density at radius 2 is 1.17 bits per heavy atom. The average Bonchev–Trinajstić information content (AvgIpc) is 3.94. The summed E-state index contributed by atoms with van der Waals surface area (Å²) in [6.07, 6.45) is -8.66. The Morgan fingerprint density at radius 1 is 0.707 bits per heavy atom. The third-order valence-electron chi connectivity index (χ3n) is 13.9. The zero-order valence-electron chi connectivity index (χ0n) is 33.3. The summed E-state index contributed by atoms with van der Waals surface area (Å²) in [6, 6.07) is 0. The molecule has 0 spiro atoms. The highest BCUT2D eigenvalue weighted by molar-refractivity contribution is 6.69. The van der Waals surface area contributed by atoms with Gasteiger partial charge in [-0.3, -0.25) is 4.79 Å². The van der Waals surface area contributed by atoms with E-state index in [4.69, 9.17) is 4.43 Å². The number of fused-ring (bicyclic) bond motifs is 2. The number of alkyl halides is 12. The summed E-state index contributed by atoms with van der Waals surface area (Å²) < 4.78 is 164. The van der Waals surface area contributed by atoms with Crippen LogP contribution < -0.4 is 0 Å². The molecule has 0 aliphatic heterocycles. The number of carbonyl (C=O) groups excluding carboxylic acids is 1. The molecule has 0 aromatic rings. The average molecular weight is 867 g/mol. The van der Waals surface area contributed by atoms with Crippen molar-refractivity contribution in [3.8, 4) is 0 Å². The van der Waals surface area contributed by atoms with E-state index in [-0.39, 0.29) is 53.4 Å². The minimum atomic E-state index is -5.84. The Balaban J connectivity index is 0.000000223. The number of aliphatic hydroxyl groups is 2. The maximum absolute atomic E-state index is 13.7. The van der Waals surface area contributed by atoms with Crippen molar-refractivity contribution < 1.29 is 72.1 Å². The molecule has 0 heterocycles. The molecule has 5 atom stereocenters. The highest BCUT2D eigenvalue weighted by atomic mass is 28.4. The molecule has 17 heteroatoms. The molecule has 0 radical (unpaired) electrons. The van der Waals surface area contributed by atoms with Gasteiger partial charge in [-0.2, -0.15) is 52.7 Å². The topological polar surface area (TPSA) is 66.8 Å². The van der Waals surface area contributed by atoms with Gasteiger partial charge in [-0.05, 0) is 143 Å². The van der Waals surface area contributed by atoms with Gasteiger partial charge in [0.1, 0.15) is 5.78 Å². The van der Waals surface area contributed by atoms with Crippen LogP contribution in [-0.2, 0) is 9.22 Å². The number of hydrogen-bond acceptors (Lipinski definition) is 4. The van der Waals surface area contributed by atoms with Gasteiger partial charge in [0.15, 0.2) is 8.32 Å². The van der Waals surface area contributed by atoms with Crippen molar-refractivity contribution in [2.45, 2.75) is 165 Å². The van der Waals surface area contributed by atoms with Crippen molar-refractivity contribution in [2.24, 2.45) is 33.5 Å². The highest BCUT2D eigenvalue weighted by Gasteiger charge is 2.72. The number of aliphatic hydroxyl groups excluding tert-OH is 1. The van der Waals surface area contributed by atoms with Crippen LogP contribution in [0.5, 0.6) is 0 Å². The van der Waals surface area contributed by atoms with Crippen molar-refractivity contribution in [3.05, 3.63) is 47.6 Å². The van der Waals surface area contributed by atoms with Gasteiger partial charge in [0, 0.05) is 12.3 Å². The molecule has 0 bridgehead atoms. The number of halogens is 12. The van der Waals surface area contributed by atoms with E-state index < -0.39 is 61.2 Å². The minimum absolute atomic E-state index is 0.0196. The molecule has 6 rings (SSSR count). The summed E-state index contributed by atoms with van der Waals surface area (Å²) in [5, 5.41) is 19.5. The van der Waals surface area contributed by atoms with Crippen LogP contribution in [0.25, 0.3) is 0 Å². The molecule has 2 unspecified atom stereocenters. The summed E-state index contributed by atoms with van der Waals surface area (Å²) in [5.74, 6) is 0.158. The Morgan fingerprint density at radius 3 is 1.64 bits per heavy atom. The first-order valence-electron chi connectivity index (χ1n) is 19.9. The van der Waals surface area contributed by atoms with Crippen molar-refractivity contribution in [1.82, 2.24) is 0 Å². The van der Waals surface area contributed by atoms with Gasteiger partial charge in [-0.15, -0.1) is 0 Å². The number of ketones is 1. The maximum atomic E-state index is 13.7. The van der Waals surface area contributed by atoms with Gasteiger partial charge in [-0.1, -0.05) is 49.3 Å². The zero-order valence-corrected chi connectivity index (χ0v) is 34.3. The fraction of sp³-hybridized carbons (Fsp3) is 0.780. The second kappa shape index (κ2) is 15.1. The maximum Gasteiger partial charge on any atom is 0.429 e. The minimum Gasteiger partial charge on any atom is -0.394 e. The number of Topliss-reactive ketones (excluding diaryl/α,β-unsaturated/α-hetero) is 1. The number of carbonyl (C=O) groups is 1. The fourth-order valence-electron chi connectivity index (χ4n) is 10.6. The summed E-state index contributed by atoms with van der Waals surface area (Å²) in [7, 11) is -3.20. The van der Waals surface area contributed by atoms with Gasteiger partial charge >= 0.3 is 24.7 Å². The SMILES string of the molecule is C[C@]12CCCC(=O)C1CC=C2C1(C/C=C/C(O[Si](C)(C)C)(C(F)(F)F)C(F)(F)F)CC1.C[C@]12CCC[C@H](O)C1CC=C2C1(C/C=C/C(O)(C(F)(F)F)C(F)(F)F)CC1. The van der Waals surface area contributed by atoms with E-state index in [1.165, 1.54) is 19.6 Å². The lowest BCUT2D eigenvalue weighted by Crippen LogP contribution is -2.61. The predicted molar refractivity (Wildman–Crippen MR) is 194 cm³/mol. The molecule has 4 nitrogen and oxygen atoms in total. The van der Waals surface area contributed by atoms with Crippen LogP contribution in [0.15, 0.2) is 47.6 Å². The Kier molecular flexibility index (Phi) is 12.2. The van der Waals surface area contributed by atoms with Gasteiger partial charge in [0.05, 0.1) is 6.10 Å². The largest absolute Gasteiger partial charge is 0.429 e. The molecule has 6 aliphatic carbocycles. The second-order valence-corrected chi connectivity index (χ2v) is 23.4. The van der Waals surface area contributed by atoms with Crippen LogP contribution in [-0.4, -0.2) is 66.3 Å². The lowest BCUT2D eigenvalue weighted by atomic mass is 9.62. The second-order valence-electron chi connectivity index (χ2n) is 19.0. The van der Waals surface area contributed by atoms with Gasteiger partial charge in [-0.25, -0.2) is 0 Å². The molecule has 4 saturated carbocycles. The number of hydrogen-bond donors (Lipinski definition) is 2. The molecular formula is C41H54F12O4Si. The standard InChI is InChI=1S/C22H30F6O2Si.C19H24F6O2/c1-18-10-5-7-16(29)15(18)8-9-17(18)19(13-14-19)11-6-12-20(21(23,24)25,22(26,27)28)30-31(2,3)4;1-15-7-2-4-13(26)12(15)5-6-14(15)16(10-11-16)8-3-9-17(27,18(20,21)22)19(23,24)25/h6,9,12,15H,5,7-8,10-11,13-14H2,1-4H3;3,6,9,12-13,26-27H,2,4-5,7-8,10-11H2,1H3/b12-6+;9-3+/t15?,18-;12?,13-,15-/m00/s1. The van der Waals surface area contributed by atoms with Crippen LogP contribution in [0.4, 0.5) is 52.7 Å². The first-order chi connectivity index (χ1) is 26.2. The van der Waals surface area contributed by atoms with E-state index in [0.717, 1.165) is 55.4 Å². The lowest BCUT2D eigenvalue weighted by molar-refractivity contribution is -0.347. The Labute approximate surface area is 332 Å². The summed E-state index contributed by atoms with van der Waals surface area (Å²) in [4.78, 5) is 12.4. The van der Waals surface area contributed by atoms with E-state index in [1.54, 1.807) is 0 Å². The molecule has 0 amide bonds. The molecule has 6 aliphatic rings. The molecular weight excluding hydrogens is 813 g/mol. The van der Waals surface area contributed by atoms with E-state index in [0.29, 0.717) is 44.9 Å². The van der Waals surface area contributed by atoms with Gasteiger partial charge in [0.25, 0.3) is 11.2 Å². The smallest absolute Gasteiger partial charge is 0.394 e. The third-order valence-corrected chi connectivity index (χ3v) is 14.8. The van der Waals surface area contributed by atoms with Crippen LogP contribution >= 0.6 is 0 Å². The van der Waals surface area contributed by atoms with Gasteiger partial charge < -0.3 is 14.6 Å². The number of rotatable bonds is 10. The van der Waals surface area contributed by atoms with Crippen molar-refractivity contribution in [1.29, 1.82) is 0 Å². The number of allylic oxidation sites excluding steroid dienone is 6. The molecule has 58 heavy (non-hydrogen) atoms. The first-order valence-corrected chi connectivity index (χ1v) is 23.3. The van der Waals surface area contributed by atoms with E-state index in [9.17, 15) is 67.7 Å². The monoisotopic (exact) mass is 866 g/mol. The van der Waals surface area contributed by atoms with Crippen LogP contribution in [0.3, 0.4) is 0 Å². The Bertz CT molecular complexity index is 1640. The predicted octanol–water partition coefficient (Wildman–Crippen LogP) is 12.2. The summed E-state index contributed by atoms with van der Waals surface area (Å²) in [5.41, 5.74) is -8.52. The lowest BCUT2D eigenvalue weighted by Gasteiger charge is -2.44.